The van der Waals surface area contributed by atoms with Crippen molar-refractivity contribution in [3.63, 3.8) is 0 Å². The van der Waals surface area contributed by atoms with E-state index in [4.69, 9.17) is 0 Å². The van der Waals surface area contributed by atoms with Crippen molar-refractivity contribution in [3.8, 4) is 0 Å². The second-order valence-corrected chi connectivity index (χ2v) is 5.72. The minimum absolute atomic E-state index is 0.0283. The third-order valence-corrected chi connectivity index (χ3v) is 4.43. The summed E-state index contributed by atoms with van der Waals surface area (Å²) < 4.78 is 0. The average molecular weight is 272 g/mol. The van der Waals surface area contributed by atoms with E-state index in [1.54, 1.807) is 0 Å². The number of carbonyl (C=O) groups excluding carboxylic acids is 1. The van der Waals surface area contributed by atoms with Crippen molar-refractivity contribution in [2.24, 2.45) is 0 Å². The van der Waals surface area contributed by atoms with Gasteiger partial charge in [-0.15, -0.1) is 0 Å². The number of H-pyrrole nitrogens is 1. The fraction of sp³-hybridized carbons (Fsp3) is 0.467. The smallest absolute Gasteiger partial charge is 0.274 e. The molecule has 106 valence electrons. The third-order valence-electron chi connectivity index (χ3n) is 4.43. The van der Waals surface area contributed by atoms with Crippen LogP contribution in [-0.2, 0) is 0 Å². The van der Waals surface area contributed by atoms with Crippen molar-refractivity contribution in [3.05, 3.63) is 30.0 Å². The topological polar surface area (TPSA) is 61.0 Å². The van der Waals surface area contributed by atoms with Crippen molar-refractivity contribution in [1.29, 1.82) is 0 Å². The molecule has 1 aromatic heterocycles. The molecule has 1 fully saturated rings. The second kappa shape index (κ2) is 4.90. The van der Waals surface area contributed by atoms with Gasteiger partial charge in [-0.05, 0) is 32.9 Å². The number of nitrogens with one attached hydrogen (secondary N) is 2. The SMILES string of the molecule is CNC1(C)CCN(C(=O)c2n[nH]c3ccccc23)CC1. The molecule has 0 unspecified atom stereocenters. The van der Waals surface area contributed by atoms with Gasteiger partial charge >= 0.3 is 0 Å². The maximum atomic E-state index is 12.6. The van der Waals surface area contributed by atoms with Gasteiger partial charge in [-0.1, -0.05) is 18.2 Å². The van der Waals surface area contributed by atoms with Crippen molar-refractivity contribution < 1.29 is 4.79 Å². The molecule has 3 rings (SSSR count). The summed E-state index contributed by atoms with van der Waals surface area (Å²) in [6.45, 7) is 3.76. The lowest BCUT2D eigenvalue weighted by atomic mass is 9.90. The minimum atomic E-state index is 0.0283. The number of likely N-dealkylation sites (tertiary alicyclic amines) is 1. The first kappa shape index (κ1) is 13.1. The molecule has 1 amide bonds. The van der Waals surface area contributed by atoms with Gasteiger partial charge < -0.3 is 10.2 Å². The Hall–Kier alpha value is -1.88. The van der Waals surface area contributed by atoms with Crippen molar-refractivity contribution in [2.75, 3.05) is 20.1 Å². The summed E-state index contributed by atoms with van der Waals surface area (Å²) in [4.78, 5) is 14.5. The molecule has 2 heterocycles. The quantitative estimate of drug-likeness (QED) is 0.876. The fourth-order valence-corrected chi connectivity index (χ4v) is 2.73. The van der Waals surface area contributed by atoms with Crippen LogP contribution in [0, 0.1) is 0 Å². The first-order chi connectivity index (χ1) is 9.63. The molecular weight excluding hydrogens is 252 g/mol. The molecule has 1 saturated heterocycles. The summed E-state index contributed by atoms with van der Waals surface area (Å²) in [5, 5.41) is 11.4. The van der Waals surface area contributed by atoms with Crippen molar-refractivity contribution in [1.82, 2.24) is 20.4 Å². The highest BCUT2D eigenvalue weighted by atomic mass is 16.2. The number of benzene rings is 1. The van der Waals surface area contributed by atoms with Crippen LogP contribution in [0.3, 0.4) is 0 Å². The van der Waals surface area contributed by atoms with Crippen molar-refractivity contribution >= 4 is 16.8 Å². The highest BCUT2D eigenvalue weighted by Gasteiger charge is 2.31. The molecular formula is C15H20N4O. The molecule has 1 aromatic carbocycles. The average Bonchev–Trinajstić information content (AvgIpc) is 2.91. The van der Waals surface area contributed by atoms with Gasteiger partial charge in [0.25, 0.3) is 5.91 Å². The minimum Gasteiger partial charge on any atom is -0.337 e. The predicted octanol–water partition coefficient (Wildman–Crippen LogP) is 1.78. The first-order valence-corrected chi connectivity index (χ1v) is 7.04. The monoisotopic (exact) mass is 272 g/mol. The molecule has 0 aliphatic carbocycles. The number of piperidine rings is 1. The number of nitrogens with zero attached hydrogens (tertiary/aromatic N) is 2. The first-order valence-electron chi connectivity index (χ1n) is 7.04. The number of amides is 1. The Morgan fingerprint density at radius 1 is 1.35 bits per heavy atom. The number of fused-ring (bicyclic) bond motifs is 1. The van der Waals surface area contributed by atoms with Crippen LogP contribution in [-0.4, -0.2) is 46.7 Å². The Morgan fingerprint density at radius 3 is 2.75 bits per heavy atom. The van der Waals surface area contributed by atoms with Crippen molar-refractivity contribution in [2.45, 2.75) is 25.3 Å². The molecule has 0 spiro atoms. The van der Waals surface area contributed by atoms with Crippen LogP contribution in [0.4, 0.5) is 0 Å². The van der Waals surface area contributed by atoms with E-state index in [1.807, 2.05) is 36.2 Å². The molecule has 2 N–H and O–H groups in total. The molecule has 5 heteroatoms. The van der Waals surface area contributed by atoms with E-state index in [0.717, 1.165) is 36.8 Å². The van der Waals surface area contributed by atoms with Crippen LogP contribution in [0.15, 0.2) is 24.3 Å². The lowest BCUT2D eigenvalue weighted by molar-refractivity contribution is 0.0658. The zero-order chi connectivity index (χ0) is 14.2. The molecule has 2 aromatic rings. The lowest BCUT2D eigenvalue weighted by Crippen LogP contribution is -2.51. The maximum Gasteiger partial charge on any atom is 0.274 e. The van der Waals surface area contributed by atoms with Crippen LogP contribution in [0.2, 0.25) is 0 Å². The van der Waals surface area contributed by atoms with Gasteiger partial charge in [0.15, 0.2) is 5.69 Å². The number of carbonyl (C=O) groups is 1. The van der Waals surface area contributed by atoms with Crippen LogP contribution in [0.1, 0.15) is 30.3 Å². The predicted molar refractivity (Wildman–Crippen MR) is 78.7 cm³/mol. The summed E-state index contributed by atoms with van der Waals surface area (Å²) in [6.07, 6.45) is 1.94. The summed E-state index contributed by atoms with van der Waals surface area (Å²) in [5.74, 6) is 0.0283. The maximum absolute atomic E-state index is 12.6. The summed E-state index contributed by atoms with van der Waals surface area (Å²) in [5.41, 5.74) is 1.59. The van der Waals surface area contributed by atoms with Crippen LogP contribution >= 0.6 is 0 Å². The summed E-state index contributed by atoms with van der Waals surface area (Å²) in [7, 11) is 1.98. The van der Waals surface area contributed by atoms with Gasteiger partial charge in [-0.25, -0.2) is 0 Å². The molecule has 1 aliphatic rings. The Bertz CT molecular complexity index is 626. The second-order valence-electron chi connectivity index (χ2n) is 5.72. The Labute approximate surface area is 118 Å². The van der Waals surface area contributed by atoms with Crippen LogP contribution in [0.5, 0.6) is 0 Å². The Kier molecular flexibility index (Phi) is 3.22. The lowest BCUT2D eigenvalue weighted by Gasteiger charge is -2.39. The van der Waals surface area contributed by atoms with E-state index in [-0.39, 0.29) is 11.4 Å². The molecule has 20 heavy (non-hydrogen) atoms. The highest BCUT2D eigenvalue weighted by Crippen LogP contribution is 2.24. The van der Waals surface area contributed by atoms with E-state index >= 15 is 0 Å². The highest BCUT2D eigenvalue weighted by molar-refractivity contribution is 6.04. The standard InChI is InChI=1S/C15H20N4O/c1-15(16-2)7-9-19(10-8-15)14(20)13-11-5-3-4-6-12(11)17-18-13/h3-6,16H,7-10H2,1-2H3,(H,17,18). The van der Waals surface area contributed by atoms with E-state index in [0.29, 0.717) is 5.69 Å². The molecule has 0 atom stereocenters. The van der Waals surface area contributed by atoms with E-state index in [1.165, 1.54) is 0 Å². The van der Waals surface area contributed by atoms with Crippen LogP contribution in [0.25, 0.3) is 10.9 Å². The zero-order valence-corrected chi connectivity index (χ0v) is 11.9. The Balaban J connectivity index is 1.80. The fourth-order valence-electron chi connectivity index (χ4n) is 2.73. The van der Waals surface area contributed by atoms with Gasteiger partial charge in [0.05, 0.1) is 5.52 Å². The van der Waals surface area contributed by atoms with Gasteiger partial charge in [0.1, 0.15) is 0 Å². The number of hydrogen-bond donors (Lipinski definition) is 2. The zero-order valence-electron chi connectivity index (χ0n) is 11.9. The van der Waals surface area contributed by atoms with Gasteiger partial charge in [-0.3, -0.25) is 9.89 Å². The van der Waals surface area contributed by atoms with E-state index in [9.17, 15) is 4.79 Å². The summed E-state index contributed by atoms with van der Waals surface area (Å²) >= 11 is 0. The van der Waals surface area contributed by atoms with E-state index in [2.05, 4.69) is 22.4 Å². The van der Waals surface area contributed by atoms with Crippen LogP contribution < -0.4 is 5.32 Å². The van der Waals surface area contributed by atoms with Gasteiger partial charge in [0, 0.05) is 24.0 Å². The van der Waals surface area contributed by atoms with Gasteiger partial charge in [0.2, 0.25) is 0 Å². The Morgan fingerprint density at radius 2 is 2.05 bits per heavy atom. The number of aromatic nitrogens is 2. The normalized spacial score (nSPS) is 18.4. The number of aromatic amines is 1. The molecule has 0 bridgehead atoms. The molecule has 1 aliphatic heterocycles. The number of rotatable bonds is 2. The van der Waals surface area contributed by atoms with Gasteiger partial charge in [-0.2, -0.15) is 5.10 Å². The number of hydrogen-bond acceptors (Lipinski definition) is 3. The molecule has 5 nitrogen and oxygen atoms in total. The third kappa shape index (κ3) is 2.18. The largest absolute Gasteiger partial charge is 0.337 e. The molecule has 0 saturated carbocycles. The molecule has 0 radical (unpaired) electrons. The van der Waals surface area contributed by atoms with E-state index < -0.39 is 0 Å². The summed E-state index contributed by atoms with van der Waals surface area (Å²) in [6, 6.07) is 7.75. The number of para-hydroxylation sites is 1.